The molecule has 0 fully saturated rings. The summed E-state index contributed by atoms with van der Waals surface area (Å²) in [7, 11) is 1.54. The first-order valence-corrected chi connectivity index (χ1v) is 4.46. The van der Waals surface area contributed by atoms with Crippen LogP contribution in [0, 0.1) is 0 Å². The predicted octanol–water partition coefficient (Wildman–Crippen LogP) is 0.239. The fraction of sp³-hybridized carbons (Fsp3) is 0.111. The van der Waals surface area contributed by atoms with Crippen molar-refractivity contribution in [2.24, 2.45) is 0 Å². The first-order chi connectivity index (χ1) is 7.85. The monoisotopic (exact) mass is 219 g/mol. The average molecular weight is 219 g/mol. The molecule has 7 nitrogen and oxygen atoms in total. The minimum atomic E-state index is 0.569. The Morgan fingerprint density at radius 2 is 2.38 bits per heavy atom. The minimum Gasteiger partial charge on any atom is -0.494 e. The van der Waals surface area contributed by atoms with Crippen molar-refractivity contribution in [3.8, 4) is 11.4 Å². The quantitative estimate of drug-likeness (QED) is 0.745. The molecule has 0 radical (unpaired) electrons. The third-order valence-electron chi connectivity index (χ3n) is 2.00. The number of tetrazole rings is 1. The largest absolute Gasteiger partial charge is 0.494 e. The lowest BCUT2D eigenvalue weighted by Crippen LogP contribution is -2.01. The van der Waals surface area contributed by atoms with Gasteiger partial charge in [0.15, 0.2) is 0 Å². The van der Waals surface area contributed by atoms with Crippen LogP contribution in [-0.4, -0.2) is 33.7 Å². The van der Waals surface area contributed by atoms with E-state index in [4.69, 9.17) is 4.74 Å². The van der Waals surface area contributed by atoms with Gasteiger partial charge in [0, 0.05) is 11.8 Å². The highest BCUT2D eigenvalue weighted by Crippen LogP contribution is 2.25. The lowest BCUT2D eigenvalue weighted by molar-refractivity contribution is -0.105. The first-order valence-electron chi connectivity index (χ1n) is 4.46. The molecule has 2 aromatic rings. The van der Waals surface area contributed by atoms with Crippen LogP contribution in [-0.2, 0) is 4.79 Å². The smallest absolute Gasteiger partial charge is 0.211 e. The Bertz CT molecular complexity index is 483. The summed E-state index contributed by atoms with van der Waals surface area (Å²) < 4.78 is 6.66. The van der Waals surface area contributed by atoms with Crippen LogP contribution in [0.3, 0.4) is 0 Å². The van der Waals surface area contributed by atoms with E-state index in [2.05, 4.69) is 20.8 Å². The molecule has 0 bridgehead atoms. The Kier molecular flexibility index (Phi) is 2.77. The maximum Gasteiger partial charge on any atom is 0.211 e. The van der Waals surface area contributed by atoms with Crippen molar-refractivity contribution in [3.63, 3.8) is 0 Å². The van der Waals surface area contributed by atoms with Crippen LogP contribution < -0.4 is 10.1 Å². The van der Waals surface area contributed by atoms with Gasteiger partial charge in [0.05, 0.1) is 7.11 Å². The van der Waals surface area contributed by atoms with Gasteiger partial charge in [0.2, 0.25) is 6.41 Å². The summed E-state index contributed by atoms with van der Waals surface area (Å²) in [5.74, 6) is 0.569. The molecule has 0 aliphatic heterocycles. The fourth-order valence-electron chi connectivity index (χ4n) is 1.30. The Morgan fingerprint density at radius 1 is 1.50 bits per heavy atom. The van der Waals surface area contributed by atoms with Crippen LogP contribution >= 0.6 is 0 Å². The van der Waals surface area contributed by atoms with E-state index in [1.165, 1.54) is 18.1 Å². The third-order valence-corrected chi connectivity index (χ3v) is 2.00. The fourth-order valence-corrected chi connectivity index (χ4v) is 1.30. The maximum atomic E-state index is 10.3. The van der Waals surface area contributed by atoms with Crippen molar-refractivity contribution in [2.75, 3.05) is 12.4 Å². The molecule has 1 heterocycles. The van der Waals surface area contributed by atoms with Gasteiger partial charge in [-0.2, -0.15) is 4.68 Å². The van der Waals surface area contributed by atoms with Gasteiger partial charge in [-0.1, -0.05) is 0 Å². The van der Waals surface area contributed by atoms with Crippen molar-refractivity contribution >= 4 is 12.1 Å². The number of nitrogens with zero attached hydrogens (tertiary/aromatic N) is 4. The van der Waals surface area contributed by atoms with E-state index in [1.807, 2.05) is 0 Å². The lowest BCUT2D eigenvalue weighted by Gasteiger charge is -2.08. The molecular weight excluding hydrogens is 210 g/mol. The molecule has 0 aliphatic carbocycles. The highest BCUT2D eigenvalue weighted by Gasteiger charge is 2.07. The normalized spacial score (nSPS) is 9.81. The maximum absolute atomic E-state index is 10.3. The van der Waals surface area contributed by atoms with Crippen LogP contribution in [0.1, 0.15) is 0 Å². The van der Waals surface area contributed by atoms with Crippen LogP contribution in [0.15, 0.2) is 24.5 Å². The molecule has 1 aromatic heterocycles. The Hall–Kier alpha value is -2.44. The molecule has 82 valence electrons. The molecule has 16 heavy (non-hydrogen) atoms. The number of rotatable bonds is 4. The SMILES string of the molecule is COc1cc(NC=O)ccc1-n1cnnn1. The van der Waals surface area contributed by atoms with Gasteiger partial charge in [-0.25, -0.2) is 0 Å². The van der Waals surface area contributed by atoms with E-state index in [0.717, 1.165) is 0 Å². The van der Waals surface area contributed by atoms with Crippen molar-refractivity contribution in [3.05, 3.63) is 24.5 Å². The van der Waals surface area contributed by atoms with E-state index in [-0.39, 0.29) is 0 Å². The minimum absolute atomic E-state index is 0.569. The Morgan fingerprint density at radius 3 is 3.00 bits per heavy atom. The van der Waals surface area contributed by atoms with Gasteiger partial charge in [0.1, 0.15) is 17.8 Å². The summed E-state index contributed by atoms with van der Waals surface area (Å²) in [4.78, 5) is 10.3. The van der Waals surface area contributed by atoms with Gasteiger partial charge in [-0.3, -0.25) is 4.79 Å². The zero-order valence-corrected chi connectivity index (χ0v) is 8.49. The molecule has 1 amide bonds. The number of anilines is 1. The van der Waals surface area contributed by atoms with Gasteiger partial charge in [-0.05, 0) is 22.6 Å². The average Bonchev–Trinajstić information content (AvgIpc) is 2.83. The summed E-state index contributed by atoms with van der Waals surface area (Å²) in [5, 5.41) is 13.4. The lowest BCUT2D eigenvalue weighted by atomic mass is 10.2. The highest BCUT2D eigenvalue weighted by atomic mass is 16.5. The van der Waals surface area contributed by atoms with E-state index < -0.39 is 0 Å². The zero-order chi connectivity index (χ0) is 11.4. The van der Waals surface area contributed by atoms with Gasteiger partial charge < -0.3 is 10.1 Å². The second-order valence-corrected chi connectivity index (χ2v) is 2.90. The number of ether oxygens (including phenoxy) is 1. The summed E-state index contributed by atoms with van der Waals surface area (Å²) in [6.45, 7) is 0. The number of hydrogen-bond donors (Lipinski definition) is 1. The number of carbonyl (C=O) groups is 1. The molecule has 2 rings (SSSR count). The van der Waals surface area contributed by atoms with Crippen molar-refractivity contribution in [1.82, 2.24) is 20.2 Å². The second-order valence-electron chi connectivity index (χ2n) is 2.90. The van der Waals surface area contributed by atoms with Crippen molar-refractivity contribution in [2.45, 2.75) is 0 Å². The van der Waals surface area contributed by atoms with Crippen molar-refractivity contribution in [1.29, 1.82) is 0 Å². The third kappa shape index (κ3) is 1.83. The summed E-state index contributed by atoms with van der Waals surface area (Å²) in [5.41, 5.74) is 1.34. The molecule has 0 atom stereocenters. The molecule has 0 saturated carbocycles. The molecular formula is C9H9N5O2. The topological polar surface area (TPSA) is 81.9 Å². The van der Waals surface area contributed by atoms with Gasteiger partial charge >= 0.3 is 0 Å². The van der Waals surface area contributed by atoms with E-state index in [9.17, 15) is 4.79 Å². The van der Waals surface area contributed by atoms with Crippen molar-refractivity contribution < 1.29 is 9.53 Å². The first kappa shape index (κ1) is 10.1. The molecule has 1 aromatic carbocycles. The Labute approximate surface area is 91.0 Å². The standard InChI is InChI=1S/C9H9N5O2/c1-16-9-4-7(10-6-15)2-3-8(9)14-5-11-12-13-14/h2-6H,1H3,(H,10,15). The van der Waals surface area contributed by atoms with E-state index in [0.29, 0.717) is 23.5 Å². The van der Waals surface area contributed by atoms with Gasteiger partial charge in [-0.15, -0.1) is 5.10 Å². The number of hydrogen-bond acceptors (Lipinski definition) is 5. The second kappa shape index (κ2) is 4.39. The molecule has 0 unspecified atom stereocenters. The predicted molar refractivity (Wildman–Crippen MR) is 55.4 cm³/mol. The Balaban J connectivity index is 2.43. The summed E-state index contributed by atoms with van der Waals surface area (Å²) >= 11 is 0. The summed E-state index contributed by atoms with van der Waals surface area (Å²) in [6, 6.07) is 5.17. The molecule has 1 N–H and O–H groups in total. The molecule has 0 saturated heterocycles. The highest BCUT2D eigenvalue weighted by molar-refractivity contribution is 5.73. The number of amides is 1. The van der Waals surface area contributed by atoms with Crippen LogP contribution in [0.4, 0.5) is 5.69 Å². The molecule has 0 spiro atoms. The number of nitrogens with one attached hydrogen (secondary N) is 1. The summed E-state index contributed by atoms with van der Waals surface area (Å²) in [6.07, 6.45) is 2.07. The molecule has 7 heteroatoms. The zero-order valence-electron chi connectivity index (χ0n) is 8.49. The number of methoxy groups -OCH3 is 1. The number of carbonyl (C=O) groups excluding carboxylic acids is 1. The van der Waals surface area contributed by atoms with Crippen LogP contribution in [0.2, 0.25) is 0 Å². The van der Waals surface area contributed by atoms with Crippen LogP contribution in [0.25, 0.3) is 5.69 Å². The van der Waals surface area contributed by atoms with Gasteiger partial charge in [0.25, 0.3) is 0 Å². The molecule has 0 aliphatic rings. The number of aromatic nitrogens is 4. The van der Waals surface area contributed by atoms with E-state index in [1.54, 1.807) is 18.2 Å². The number of benzene rings is 1. The van der Waals surface area contributed by atoms with Crippen LogP contribution in [0.5, 0.6) is 5.75 Å². The van der Waals surface area contributed by atoms with E-state index >= 15 is 0 Å².